The van der Waals surface area contributed by atoms with Gasteiger partial charge in [-0.25, -0.2) is 4.79 Å². The monoisotopic (exact) mass is 360 g/mol. The van der Waals surface area contributed by atoms with E-state index in [0.717, 1.165) is 25.7 Å². The van der Waals surface area contributed by atoms with E-state index in [0.29, 0.717) is 12.2 Å². The summed E-state index contributed by atoms with van der Waals surface area (Å²) in [6, 6.07) is 8.13. The molecule has 7 heteroatoms. The summed E-state index contributed by atoms with van der Waals surface area (Å²) in [7, 11) is 0. The number of nitrogens with one attached hydrogen (secondary N) is 1. The number of carbonyl (C=O) groups is 3. The van der Waals surface area contributed by atoms with E-state index in [1.807, 2.05) is 6.07 Å². The van der Waals surface area contributed by atoms with Gasteiger partial charge in [0.1, 0.15) is 11.8 Å². The molecule has 1 saturated heterocycles. The Kier molecular flexibility index (Phi) is 5.75. The smallest absolute Gasteiger partial charge is 0.326 e. The van der Waals surface area contributed by atoms with Gasteiger partial charge in [-0.1, -0.05) is 31.0 Å². The number of carbonyl (C=O) groups excluding carboxylic acids is 2. The predicted molar refractivity (Wildman–Crippen MR) is 93.6 cm³/mol. The molecule has 0 spiro atoms. The molecule has 1 aliphatic carbocycles. The van der Waals surface area contributed by atoms with Crippen molar-refractivity contribution in [2.45, 2.75) is 44.2 Å². The molecule has 140 valence electrons. The Morgan fingerprint density at radius 1 is 1.15 bits per heavy atom. The molecule has 0 bridgehead atoms. The molecule has 3 atom stereocenters. The van der Waals surface area contributed by atoms with Crippen molar-refractivity contribution in [2.24, 2.45) is 5.92 Å². The maximum Gasteiger partial charge on any atom is 0.326 e. The fourth-order valence-corrected chi connectivity index (χ4v) is 4.02. The third kappa shape index (κ3) is 4.15. The quantitative estimate of drug-likeness (QED) is 0.800. The van der Waals surface area contributed by atoms with Crippen LogP contribution in [0.4, 0.5) is 0 Å². The van der Waals surface area contributed by atoms with Gasteiger partial charge in [-0.3, -0.25) is 9.59 Å². The Balaban J connectivity index is 1.52. The van der Waals surface area contributed by atoms with Crippen LogP contribution < -0.4 is 10.1 Å². The topological polar surface area (TPSA) is 95.9 Å². The van der Waals surface area contributed by atoms with Gasteiger partial charge in [0.2, 0.25) is 5.91 Å². The molecule has 26 heavy (non-hydrogen) atoms. The fourth-order valence-electron chi connectivity index (χ4n) is 4.02. The lowest BCUT2D eigenvalue weighted by Gasteiger charge is -2.33. The van der Waals surface area contributed by atoms with Crippen LogP contribution in [0.3, 0.4) is 0 Å². The molecule has 1 aliphatic heterocycles. The Labute approximate surface area is 152 Å². The van der Waals surface area contributed by atoms with E-state index in [4.69, 9.17) is 4.74 Å². The first-order valence-electron chi connectivity index (χ1n) is 9.05. The Morgan fingerprint density at radius 2 is 1.88 bits per heavy atom. The second kappa shape index (κ2) is 8.21. The zero-order chi connectivity index (χ0) is 18.5. The van der Waals surface area contributed by atoms with Crippen molar-refractivity contribution >= 4 is 17.8 Å². The third-order valence-electron chi connectivity index (χ3n) is 5.21. The molecule has 1 saturated carbocycles. The number of fused-ring (bicyclic) bond motifs is 1. The molecule has 2 aliphatic rings. The van der Waals surface area contributed by atoms with Gasteiger partial charge < -0.3 is 20.1 Å². The standard InChI is InChI=1S/C19H24N2O5/c22-17(12-26-14-7-2-1-3-8-14)20-11-18(23)21-15-9-5-4-6-13(15)10-16(21)19(24)25/h1-3,7-8,13,15-16H,4-6,9-12H2,(H,20,22)(H,24,25). The molecule has 1 aromatic carbocycles. The summed E-state index contributed by atoms with van der Waals surface area (Å²) in [5.74, 6) is -0.879. The van der Waals surface area contributed by atoms with Crippen LogP contribution in [-0.4, -0.2) is 53.0 Å². The van der Waals surface area contributed by atoms with Gasteiger partial charge >= 0.3 is 5.97 Å². The lowest BCUT2D eigenvalue weighted by atomic mass is 9.85. The summed E-state index contributed by atoms with van der Waals surface area (Å²) in [6.45, 7) is -0.393. The number of amides is 2. The van der Waals surface area contributed by atoms with Crippen molar-refractivity contribution in [3.8, 4) is 5.75 Å². The van der Waals surface area contributed by atoms with Crippen LogP contribution in [0.2, 0.25) is 0 Å². The average molecular weight is 360 g/mol. The van der Waals surface area contributed by atoms with Crippen LogP contribution in [0.1, 0.15) is 32.1 Å². The summed E-state index contributed by atoms with van der Waals surface area (Å²) in [4.78, 5) is 37.6. The van der Waals surface area contributed by atoms with Gasteiger partial charge in [0.15, 0.2) is 6.61 Å². The molecule has 1 heterocycles. The van der Waals surface area contributed by atoms with Gasteiger partial charge in [-0.2, -0.15) is 0 Å². The molecule has 2 amide bonds. The maximum absolute atomic E-state index is 12.6. The minimum absolute atomic E-state index is 0.0187. The minimum atomic E-state index is -0.966. The van der Waals surface area contributed by atoms with E-state index in [1.165, 1.54) is 4.90 Å². The maximum atomic E-state index is 12.6. The van der Waals surface area contributed by atoms with Crippen molar-refractivity contribution in [3.63, 3.8) is 0 Å². The first-order chi connectivity index (χ1) is 12.6. The van der Waals surface area contributed by atoms with Crippen LogP contribution in [0.15, 0.2) is 30.3 Å². The SMILES string of the molecule is O=C(COc1ccccc1)NCC(=O)N1C(C(=O)O)CC2CCCCC21. The second-order valence-corrected chi connectivity index (χ2v) is 6.88. The summed E-state index contributed by atoms with van der Waals surface area (Å²) < 4.78 is 5.34. The molecule has 2 fully saturated rings. The van der Waals surface area contributed by atoms with Crippen molar-refractivity contribution in [1.29, 1.82) is 0 Å². The molecule has 3 rings (SSSR count). The van der Waals surface area contributed by atoms with Crippen LogP contribution in [0.5, 0.6) is 5.75 Å². The first-order valence-corrected chi connectivity index (χ1v) is 9.05. The number of aliphatic carboxylic acids is 1. The van der Waals surface area contributed by atoms with Gasteiger partial charge in [0.25, 0.3) is 5.91 Å². The van der Waals surface area contributed by atoms with Crippen molar-refractivity contribution in [2.75, 3.05) is 13.2 Å². The Bertz CT molecular complexity index is 663. The number of carboxylic acids is 1. The van der Waals surface area contributed by atoms with E-state index in [2.05, 4.69) is 5.32 Å². The van der Waals surface area contributed by atoms with Crippen LogP contribution >= 0.6 is 0 Å². The number of carboxylic acid groups (broad SMARTS) is 1. The van der Waals surface area contributed by atoms with Gasteiger partial charge in [0.05, 0.1) is 6.54 Å². The summed E-state index contributed by atoms with van der Waals surface area (Å²) >= 11 is 0. The van der Waals surface area contributed by atoms with E-state index >= 15 is 0 Å². The number of hydrogen-bond donors (Lipinski definition) is 2. The normalized spacial score (nSPS) is 24.6. The highest BCUT2D eigenvalue weighted by atomic mass is 16.5. The largest absolute Gasteiger partial charge is 0.484 e. The van der Waals surface area contributed by atoms with Crippen molar-refractivity contribution in [1.82, 2.24) is 10.2 Å². The predicted octanol–water partition coefficient (Wildman–Crippen LogP) is 1.43. The highest BCUT2D eigenvalue weighted by Gasteiger charge is 2.47. The number of para-hydroxylation sites is 1. The molecular formula is C19H24N2O5. The van der Waals surface area contributed by atoms with Gasteiger partial charge in [-0.15, -0.1) is 0 Å². The molecular weight excluding hydrogens is 336 g/mol. The Morgan fingerprint density at radius 3 is 2.62 bits per heavy atom. The fraction of sp³-hybridized carbons (Fsp3) is 0.526. The van der Waals surface area contributed by atoms with E-state index in [1.54, 1.807) is 24.3 Å². The number of benzene rings is 1. The zero-order valence-electron chi connectivity index (χ0n) is 14.6. The Hall–Kier alpha value is -2.57. The van der Waals surface area contributed by atoms with Crippen LogP contribution in [-0.2, 0) is 14.4 Å². The van der Waals surface area contributed by atoms with E-state index in [9.17, 15) is 19.5 Å². The van der Waals surface area contributed by atoms with Gasteiger partial charge in [-0.05, 0) is 37.3 Å². The first kappa shape index (κ1) is 18.2. The van der Waals surface area contributed by atoms with Crippen LogP contribution in [0.25, 0.3) is 0 Å². The average Bonchev–Trinajstić information content (AvgIpc) is 3.05. The number of rotatable bonds is 6. The number of hydrogen-bond acceptors (Lipinski definition) is 4. The molecule has 0 aromatic heterocycles. The molecule has 1 aromatic rings. The second-order valence-electron chi connectivity index (χ2n) is 6.88. The summed E-state index contributed by atoms with van der Waals surface area (Å²) in [5.41, 5.74) is 0. The lowest BCUT2D eigenvalue weighted by molar-refractivity contribution is -0.149. The van der Waals surface area contributed by atoms with Crippen molar-refractivity contribution < 1.29 is 24.2 Å². The number of ether oxygens (including phenoxy) is 1. The van der Waals surface area contributed by atoms with E-state index in [-0.39, 0.29) is 31.0 Å². The molecule has 7 nitrogen and oxygen atoms in total. The lowest BCUT2D eigenvalue weighted by Crippen LogP contribution is -2.50. The van der Waals surface area contributed by atoms with Crippen LogP contribution in [0, 0.1) is 5.92 Å². The third-order valence-corrected chi connectivity index (χ3v) is 5.21. The van der Waals surface area contributed by atoms with Gasteiger partial charge in [0, 0.05) is 6.04 Å². The molecule has 3 unspecified atom stereocenters. The highest BCUT2D eigenvalue weighted by Crippen LogP contribution is 2.39. The number of likely N-dealkylation sites (tertiary alicyclic amines) is 1. The molecule has 2 N–H and O–H groups in total. The summed E-state index contributed by atoms with van der Waals surface area (Å²) in [5, 5.41) is 12.0. The number of nitrogens with zero attached hydrogens (tertiary/aromatic N) is 1. The summed E-state index contributed by atoms with van der Waals surface area (Å²) in [6.07, 6.45) is 4.41. The molecule has 0 radical (unpaired) electrons. The highest BCUT2D eigenvalue weighted by molar-refractivity contribution is 5.89. The van der Waals surface area contributed by atoms with Crippen molar-refractivity contribution in [3.05, 3.63) is 30.3 Å². The van der Waals surface area contributed by atoms with E-state index < -0.39 is 17.9 Å². The zero-order valence-corrected chi connectivity index (χ0v) is 14.6. The minimum Gasteiger partial charge on any atom is -0.484 e.